The summed E-state index contributed by atoms with van der Waals surface area (Å²) in [6, 6.07) is 13.8. The largest absolute Gasteiger partial charge is 0.496 e. The van der Waals surface area contributed by atoms with Crippen LogP contribution in [0.3, 0.4) is 0 Å². The summed E-state index contributed by atoms with van der Waals surface area (Å²) in [7, 11) is 1.66. The smallest absolute Gasteiger partial charge is 0.125 e. The minimum atomic E-state index is -0.312. The molecule has 3 rings (SSSR count). The Labute approximate surface area is 118 Å². The monoisotopic (exact) mass is 270 g/mol. The summed E-state index contributed by atoms with van der Waals surface area (Å²) in [4.78, 5) is 0. The summed E-state index contributed by atoms with van der Waals surface area (Å²) in [6.45, 7) is 0.478. The summed E-state index contributed by atoms with van der Waals surface area (Å²) in [5.74, 6) is 1.67. The Morgan fingerprint density at radius 1 is 1.20 bits per heavy atom. The van der Waals surface area contributed by atoms with Gasteiger partial charge in [-0.1, -0.05) is 24.3 Å². The van der Waals surface area contributed by atoms with E-state index < -0.39 is 0 Å². The van der Waals surface area contributed by atoms with Gasteiger partial charge in [-0.15, -0.1) is 0 Å². The topological polar surface area (TPSA) is 38.7 Å². The van der Waals surface area contributed by atoms with Gasteiger partial charge in [-0.05, 0) is 42.2 Å². The highest BCUT2D eigenvalue weighted by Crippen LogP contribution is 2.33. The molecule has 0 saturated carbocycles. The maximum Gasteiger partial charge on any atom is 0.125 e. The molecule has 0 radical (unpaired) electrons. The second-order valence-electron chi connectivity index (χ2n) is 5.02. The molecule has 104 valence electrons. The Bertz CT molecular complexity index is 607. The predicted molar refractivity (Wildman–Crippen MR) is 77.0 cm³/mol. The molecule has 3 heteroatoms. The Morgan fingerprint density at radius 2 is 2.05 bits per heavy atom. The zero-order valence-electron chi connectivity index (χ0n) is 11.5. The lowest BCUT2D eigenvalue weighted by atomic mass is 10.1. The molecular weight excluding hydrogens is 252 g/mol. The number of methoxy groups -OCH3 is 1. The van der Waals surface area contributed by atoms with E-state index in [0.29, 0.717) is 6.61 Å². The zero-order valence-corrected chi connectivity index (χ0v) is 11.5. The summed E-state index contributed by atoms with van der Waals surface area (Å²) < 4.78 is 11.1. The van der Waals surface area contributed by atoms with E-state index in [-0.39, 0.29) is 6.10 Å². The average molecular weight is 270 g/mol. The van der Waals surface area contributed by atoms with Gasteiger partial charge >= 0.3 is 0 Å². The van der Waals surface area contributed by atoms with Gasteiger partial charge in [-0.2, -0.15) is 0 Å². The number of aryl methyl sites for hydroxylation is 1. The van der Waals surface area contributed by atoms with Crippen LogP contribution in [0.4, 0.5) is 0 Å². The maximum absolute atomic E-state index is 9.79. The van der Waals surface area contributed by atoms with Crippen molar-refractivity contribution in [1.82, 2.24) is 0 Å². The van der Waals surface area contributed by atoms with Crippen LogP contribution in [-0.4, -0.2) is 12.2 Å². The van der Waals surface area contributed by atoms with Crippen molar-refractivity contribution < 1.29 is 14.6 Å². The highest BCUT2D eigenvalue weighted by atomic mass is 16.5. The van der Waals surface area contributed by atoms with Gasteiger partial charge in [0.25, 0.3) is 0 Å². The fourth-order valence-electron chi connectivity index (χ4n) is 2.64. The van der Waals surface area contributed by atoms with E-state index in [1.165, 1.54) is 5.56 Å². The van der Waals surface area contributed by atoms with Gasteiger partial charge in [0.1, 0.15) is 18.1 Å². The number of hydrogen-bond acceptors (Lipinski definition) is 3. The van der Waals surface area contributed by atoms with Crippen LogP contribution < -0.4 is 9.47 Å². The Morgan fingerprint density at radius 3 is 2.90 bits per heavy atom. The van der Waals surface area contributed by atoms with Crippen molar-refractivity contribution in [2.75, 3.05) is 7.11 Å². The second kappa shape index (κ2) is 5.55. The van der Waals surface area contributed by atoms with Crippen LogP contribution in [0.15, 0.2) is 42.5 Å². The minimum absolute atomic E-state index is 0.312. The number of aliphatic hydroxyl groups is 1. The molecule has 1 atom stereocenters. The molecule has 20 heavy (non-hydrogen) atoms. The van der Waals surface area contributed by atoms with E-state index in [1.54, 1.807) is 7.11 Å². The van der Waals surface area contributed by atoms with Gasteiger partial charge in [-0.3, -0.25) is 0 Å². The molecule has 2 aromatic carbocycles. The minimum Gasteiger partial charge on any atom is -0.496 e. The molecule has 0 unspecified atom stereocenters. The van der Waals surface area contributed by atoms with Gasteiger partial charge in [0.15, 0.2) is 0 Å². The van der Waals surface area contributed by atoms with Crippen LogP contribution in [0.1, 0.15) is 29.2 Å². The number of fused-ring (bicyclic) bond motifs is 1. The molecule has 3 nitrogen and oxygen atoms in total. The summed E-state index contributed by atoms with van der Waals surface area (Å²) in [6.07, 6.45) is 1.42. The van der Waals surface area contributed by atoms with Gasteiger partial charge in [0.05, 0.1) is 13.2 Å². The van der Waals surface area contributed by atoms with E-state index in [4.69, 9.17) is 9.47 Å². The first-order valence-electron chi connectivity index (χ1n) is 6.83. The third-order valence-corrected chi connectivity index (χ3v) is 3.75. The van der Waals surface area contributed by atoms with E-state index in [1.807, 2.05) is 42.5 Å². The molecule has 1 aliphatic carbocycles. The maximum atomic E-state index is 9.79. The quantitative estimate of drug-likeness (QED) is 0.926. The van der Waals surface area contributed by atoms with Crippen molar-refractivity contribution in [3.05, 3.63) is 59.2 Å². The number of hydrogen-bond donors (Lipinski definition) is 1. The first kappa shape index (κ1) is 13.0. The van der Waals surface area contributed by atoms with Crippen LogP contribution in [-0.2, 0) is 13.0 Å². The predicted octanol–water partition coefficient (Wildman–Crippen LogP) is 3.25. The third-order valence-electron chi connectivity index (χ3n) is 3.75. The lowest BCUT2D eigenvalue weighted by molar-refractivity contribution is 0.180. The fraction of sp³-hybridized carbons (Fsp3) is 0.294. The summed E-state index contributed by atoms with van der Waals surface area (Å²) in [5.41, 5.74) is 3.25. The molecule has 0 saturated heterocycles. The number of ether oxygens (including phenoxy) is 2. The standard InChI is InChI=1S/C17H18O3/c1-19-17-5-3-2-4-13(17)11-20-14-7-8-15-12(10-14)6-9-16(15)18/h2-5,7-8,10,16,18H,6,9,11H2,1H3/t16-/m1/s1. The summed E-state index contributed by atoms with van der Waals surface area (Å²) >= 11 is 0. The molecular formula is C17H18O3. The highest BCUT2D eigenvalue weighted by Gasteiger charge is 2.20. The number of benzene rings is 2. The molecule has 2 aromatic rings. The van der Waals surface area contributed by atoms with Crippen molar-refractivity contribution in [2.45, 2.75) is 25.6 Å². The Kier molecular flexibility index (Phi) is 3.61. The van der Waals surface area contributed by atoms with E-state index in [0.717, 1.165) is 35.5 Å². The summed E-state index contributed by atoms with van der Waals surface area (Å²) in [5, 5.41) is 9.79. The number of aliphatic hydroxyl groups excluding tert-OH is 1. The normalized spacial score (nSPS) is 16.8. The first-order valence-corrected chi connectivity index (χ1v) is 6.83. The van der Waals surface area contributed by atoms with Crippen LogP contribution in [0.2, 0.25) is 0 Å². The van der Waals surface area contributed by atoms with Crippen molar-refractivity contribution >= 4 is 0 Å². The van der Waals surface area contributed by atoms with Crippen LogP contribution in [0, 0.1) is 0 Å². The number of para-hydroxylation sites is 1. The SMILES string of the molecule is COc1ccccc1COc1ccc2c(c1)CC[C@H]2O. The van der Waals surface area contributed by atoms with E-state index >= 15 is 0 Å². The van der Waals surface area contributed by atoms with E-state index in [9.17, 15) is 5.11 Å². The molecule has 0 amide bonds. The first-order chi connectivity index (χ1) is 9.78. The third kappa shape index (κ3) is 2.49. The lowest BCUT2D eigenvalue weighted by Gasteiger charge is -2.11. The molecule has 0 fully saturated rings. The molecule has 0 spiro atoms. The van der Waals surface area contributed by atoms with Crippen LogP contribution in [0.5, 0.6) is 11.5 Å². The molecule has 1 N–H and O–H groups in total. The Balaban J connectivity index is 1.73. The van der Waals surface area contributed by atoms with Crippen LogP contribution >= 0.6 is 0 Å². The van der Waals surface area contributed by atoms with Gasteiger partial charge in [0, 0.05) is 5.56 Å². The van der Waals surface area contributed by atoms with Crippen molar-refractivity contribution in [3.63, 3.8) is 0 Å². The second-order valence-corrected chi connectivity index (χ2v) is 5.02. The van der Waals surface area contributed by atoms with Crippen molar-refractivity contribution in [2.24, 2.45) is 0 Å². The molecule has 0 aliphatic heterocycles. The van der Waals surface area contributed by atoms with Crippen molar-refractivity contribution in [3.8, 4) is 11.5 Å². The molecule has 0 heterocycles. The van der Waals surface area contributed by atoms with Crippen LogP contribution in [0.25, 0.3) is 0 Å². The Hall–Kier alpha value is -2.00. The van der Waals surface area contributed by atoms with Crippen molar-refractivity contribution in [1.29, 1.82) is 0 Å². The average Bonchev–Trinajstić information content (AvgIpc) is 2.86. The highest BCUT2D eigenvalue weighted by molar-refractivity contribution is 5.40. The fourth-order valence-corrected chi connectivity index (χ4v) is 2.64. The molecule has 1 aliphatic rings. The van der Waals surface area contributed by atoms with Gasteiger partial charge < -0.3 is 14.6 Å². The van der Waals surface area contributed by atoms with Gasteiger partial charge in [0.2, 0.25) is 0 Å². The number of rotatable bonds is 4. The van der Waals surface area contributed by atoms with E-state index in [2.05, 4.69) is 0 Å². The molecule has 0 bridgehead atoms. The molecule has 0 aromatic heterocycles. The zero-order chi connectivity index (χ0) is 13.9. The lowest BCUT2D eigenvalue weighted by Crippen LogP contribution is -1.99. The van der Waals surface area contributed by atoms with Gasteiger partial charge in [-0.25, -0.2) is 0 Å².